The second-order valence-electron chi connectivity index (χ2n) is 11.7. The van der Waals surface area contributed by atoms with Gasteiger partial charge in [-0.15, -0.1) is 0 Å². The van der Waals surface area contributed by atoms with Crippen molar-refractivity contribution in [2.45, 2.75) is 65.1 Å². The largest absolute Gasteiger partial charge is 0.469 e. The molecule has 3 fully saturated rings. The monoisotopic (exact) mass is 484 g/mol. The molecule has 1 saturated carbocycles. The minimum Gasteiger partial charge on any atom is -0.469 e. The van der Waals surface area contributed by atoms with Crippen molar-refractivity contribution in [3.63, 3.8) is 0 Å². The summed E-state index contributed by atoms with van der Waals surface area (Å²) >= 11 is 0. The number of aliphatic hydroxyl groups is 1. The van der Waals surface area contributed by atoms with Gasteiger partial charge < -0.3 is 24.1 Å². The van der Waals surface area contributed by atoms with E-state index in [0.29, 0.717) is 18.6 Å². The zero-order valence-corrected chi connectivity index (χ0v) is 20.7. The summed E-state index contributed by atoms with van der Waals surface area (Å²) in [6, 6.07) is 0. The van der Waals surface area contributed by atoms with Crippen LogP contribution >= 0.6 is 0 Å². The van der Waals surface area contributed by atoms with Crippen molar-refractivity contribution in [1.82, 2.24) is 0 Å². The number of aliphatic hydroxyl groups excluding tert-OH is 1. The Kier molecular flexibility index (Phi) is 4.72. The number of ether oxygens (including phenoxy) is 4. The smallest absolute Gasteiger partial charge is 0.333 e. The molecule has 2 saturated heterocycles. The van der Waals surface area contributed by atoms with Gasteiger partial charge in [-0.1, -0.05) is 32.4 Å². The zero-order chi connectivity index (χ0) is 25.1. The van der Waals surface area contributed by atoms with Crippen molar-refractivity contribution >= 4 is 17.7 Å². The summed E-state index contributed by atoms with van der Waals surface area (Å²) < 4.78 is 23.3. The second-order valence-corrected chi connectivity index (χ2v) is 11.7. The third-order valence-electron chi connectivity index (χ3n) is 10.2. The number of carbonyl (C=O) groups is 3. The molecule has 0 amide bonds. The lowest BCUT2D eigenvalue weighted by molar-refractivity contribution is -0.188. The van der Waals surface area contributed by atoms with Gasteiger partial charge >= 0.3 is 11.9 Å². The molecule has 6 aliphatic rings. The topological polar surface area (TPSA) is 108 Å². The van der Waals surface area contributed by atoms with Crippen LogP contribution in [0.2, 0.25) is 0 Å². The molecule has 0 bridgehead atoms. The molecule has 1 N–H and O–H groups in total. The first kappa shape index (κ1) is 23.1. The second kappa shape index (κ2) is 7.14. The first-order valence-electron chi connectivity index (χ1n) is 12.4. The molecule has 3 heterocycles. The third kappa shape index (κ3) is 2.71. The summed E-state index contributed by atoms with van der Waals surface area (Å²) in [4.78, 5) is 38.3. The molecule has 8 heteroatoms. The minimum atomic E-state index is -1.27. The molecular formula is C27H32O8. The highest BCUT2D eigenvalue weighted by Gasteiger charge is 2.75. The number of cyclic esters (lactones) is 1. The molecule has 0 aromatic heterocycles. The lowest BCUT2D eigenvalue weighted by Gasteiger charge is -2.60. The van der Waals surface area contributed by atoms with Crippen molar-refractivity contribution in [2.24, 2.45) is 34.0 Å². The summed E-state index contributed by atoms with van der Waals surface area (Å²) in [5.74, 6) is -1.62. The minimum absolute atomic E-state index is 0.00761. The van der Waals surface area contributed by atoms with Gasteiger partial charge in [-0.25, -0.2) is 4.79 Å². The van der Waals surface area contributed by atoms with Crippen LogP contribution in [0.25, 0.3) is 0 Å². The maximum absolute atomic E-state index is 13.7. The van der Waals surface area contributed by atoms with E-state index in [1.54, 1.807) is 6.08 Å². The van der Waals surface area contributed by atoms with Gasteiger partial charge in [0.15, 0.2) is 5.78 Å². The van der Waals surface area contributed by atoms with Crippen molar-refractivity contribution in [2.75, 3.05) is 13.7 Å². The fourth-order valence-electron chi connectivity index (χ4n) is 8.76. The van der Waals surface area contributed by atoms with E-state index in [0.717, 1.165) is 11.1 Å². The molecule has 188 valence electrons. The summed E-state index contributed by atoms with van der Waals surface area (Å²) in [7, 11) is 1.37. The van der Waals surface area contributed by atoms with Crippen molar-refractivity contribution in [1.29, 1.82) is 0 Å². The average molecular weight is 485 g/mol. The Hall–Kier alpha value is -2.29. The van der Waals surface area contributed by atoms with Crippen LogP contribution in [0.3, 0.4) is 0 Å². The first-order chi connectivity index (χ1) is 16.5. The van der Waals surface area contributed by atoms with Gasteiger partial charge in [0.25, 0.3) is 0 Å². The molecule has 35 heavy (non-hydrogen) atoms. The third-order valence-corrected chi connectivity index (χ3v) is 10.2. The Morgan fingerprint density at radius 1 is 1.23 bits per heavy atom. The van der Waals surface area contributed by atoms with Crippen LogP contribution in [0.15, 0.2) is 34.9 Å². The lowest BCUT2D eigenvalue weighted by atomic mass is 9.42. The van der Waals surface area contributed by atoms with Crippen LogP contribution in [0.5, 0.6) is 0 Å². The van der Waals surface area contributed by atoms with Crippen LogP contribution in [-0.4, -0.2) is 61.1 Å². The SMILES string of the molecule is COC(=O)CC1C2(C)C3=C(C)C(C4=CC(=O)OC4O)CC3OC2C2OCC3(C)C=CC(=O)C1(C)C23. The van der Waals surface area contributed by atoms with Crippen LogP contribution in [0.1, 0.15) is 40.5 Å². The quantitative estimate of drug-likeness (QED) is 0.480. The molecule has 8 nitrogen and oxygen atoms in total. The summed E-state index contributed by atoms with van der Waals surface area (Å²) in [5, 5.41) is 10.3. The molecule has 10 atom stereocenters. The van der Waals surface area contributed by atoms with Gasteiger partial charge in [-0.3, -0.25) is 9.59 Å². The van der Waals surface area contributed by atoms with Crippen LogP contribution in [0, 0.1) is 34.0 Å². The summed E-state index contributed by atoms with van der Waals surface area (Å²) in [6.45, 7) is 8.70. The van der Waals surface area contributed by atoms with E-state index in [2.05, 4.69) is 13.8 Å². The van der Waals surface area contributed by atoms with E-state index in [9.17, 15) is 19.5 Å². The van der Waals surface area contributed by atoms with E-state index >= 15 is 0 Å². The molecule has 0 spiro atoms. The van der Waals surface area contributed by atoms with Gasteiger partial charge in [0.05, 0.1) is 38.4 Å². The Labute approximate surface area is 204 Å². The number of carbonyl (C=O) groups excluding carboxylic acids is 3. The molecular weight excluding hydrogens is 452 g/mol. The van der Waals surface area contributed by atoms with E-state index in [4.69, 9.17) is 18.9 Å². The summed E-state index contributed by atoms with van der Waals surface area (Å²) in [5.41, 5.74) is 0.734. The van der Waals surface area contributed by atoms with Gasteiger partial charge in [-0.05, 0) is 30.9 Å². The van der Waals surface area contributed by atoms with Crippen molar-refractivity contribution in [3.05, 3.63) is 34.9 Å². The van der Waals surface area contributed by atoms with Gasteiger partial charge in [-0.2, -0.15) is 0 Å². The maximum atomic E-state index is 13.7. The van der Waals surface area contributed by atoms with E-state index in [1.807, 2.05) is 19.9 Å². The fraction of sp³-hybridized carbons (Fsp3) is 0.667. The number of allylic oxidation sites excluding steroid dienone is 2. The van der Waals surface area contributed by atoms with Crippen LogP contribution in [-0.2, 0) is 33.3 Å². The Balaban J connectivity index is 1.53. The number of rotatable bonds is 3. The Bertz CT molecular complexity index is 1130. The molecule has 0 radical (unpaired) electrons. The van der Waals surface area contributed by atoms with Gasteiger partial charge in [0, 0.05) is 39.7 Å². The number of hydrogen-bond acceptors (Lipinski definition) is 8. The predicted molar refractivity (Wildman–Crippen MR) is 121 cm³/mol. The molecule has 6 rings (SSSR count). The molecule has 0 aromatic rings. The van der Waals surface area contributed by atoms with Crippen molar-refractivity contribution < 1.29 is 38.4 Å². The van der Waals surface area contributed by atoms with Gasteiger partial charge in [0.2, 0.25) is 6.29 Å². The lowest BCUT2D eigenvalue weighted by Crippen LogP contribution is -2.66. The van der Waals surface area contributed by atoms with Gasteiger partial charge in [0.1, 0.15) is 0 Å². The fourth-order valence-corrected chi connectivity index (χ4v) is 8.76. The zero-order valence-electron chi connectivity index (χ0n) is 20.7. The number of ketones is 1. The number of fused-ring (bicyclic) bond motifs is 4. The van der Waals surface area contributed by atoms with Crippen LogP contribution in [0.4, 0.5) is 0 Å². The standard InChI is InChI=1S/C27H32O8/c1-12-13(14-9-19(30)35-24(14)31)8-15-20(12)27(4)16(10-18(29)32-5)26(3)17(28)6-7-25(2)11-33-21(22(25)26)23(27)34-15/h6-7,9,13,15-16,21-24,31H,8,10-11H2,1-5H3. The highest BCUT2D eigenvalue weighted by atomic mass is 16.6. The Morgan fingerprint density at radius 2 is 1.97 bits per heavy atom. The highest BCUT2D eigenvalue weighted by Crippen LogP contribution is 2.71. The number of esters is 2. The highest BCUT2D eigenvalue weighted by molar-refractivity contribution is 5.97. The van der Waals surface area contributed by atoms with E-state index < -0.39 is 23.1 Å². The molecule has 3 aliphatic heterocycles. The summed E-state index contributed by atoms with van der Waals surface area (Å²) in [6.07, 6.45) is 3.51. The Morgan fingerprint density at radius 3 is 2.63 bits per heavy atom. The number of methoxy groups -OCH3 is 1. The van der Waals surface area contributed by atoms with Crippen LogP contribution < -0.4 is 0 Å². The van der Waals surface area contributed by atoms with E-state index in [-0.39, 0.29) is 59.7 Å². The van der Waals surface area contributed by atoms with E-state index in [1.165, 1.54) is 13.2 Å². The van der Waals surface area contributed by atoms with Crippen molar-refractivity contribution in [3.8, 4) is 0 Å². The molecule has 0 aromatic carbocycles. The normalized spacial score (nSPS) is 49.5. The maximum Gasteiger partial charge on any atom is 0.333 e. The first-order valence-corrected chi connectivity index (χ1v) is 12.4. The predicted octanol–water partition coefficient (Wildman–Crippen LogP) is 2.26. The molecule has 3 aliphatic carbocycles. The number of hydrogen-bond donors (Lipinski definition) is 1. The molecule has 10 unspecified atom stereocenters. The average Bonchev–Trinajstić information content (AvgIpc) is 3.51.